The summed E-state index contributed by atoms with van der Waals surface area (Å²) < 4.78 is 5.27. The Morgan fingerprint density at radius 2 is 1.88 bits per heavy atom. The van der Waals surface area contributed by atoms with Crippen molar-refractivity contribution in [2.75, 3.05) is 6.54 Å². The molecule has 0 radical (unpaired) electrons. The number of likely N-dealkylation sites (tertiary alicyclic amines) is 1. The molecule has 26 heavy (non-hydrogen) atoms. The molecule has 3 aliphatic rings. The van der Waals surface area contributed by atoms with Gasteiger partial charge in [0.15, 0.2) is 6.10 Å². The number of carboxylic acids is 1. The number of carbonyl (C=O) groups is 3. The molecule has 7 heteroatoms. The lowest BCUT2D eigenvalue weighted by molar-refractivity contribution is -0.151. The highest BCUT2D eigenvalue weighted by Crippen LogP contribution is 2.45. The zero-order valence-electron chi connectivity index (χ0n) is 14.3. The van der Waals surface area contributed by atoms with Gasteiger partial charge in [0.1, 0.15) is 6.10 Å². The predicted octanol–water partition coefficient (Wildman–Crippen LogP) is 0.892. The first-order valence-electron chi connectivity index (χ1n) is 9.06. The van der Waals surface area contributed by atoms with E-state index in [-0.39, 0.29) is 23.9 Å². The normalized spacial score (nSPS) is 33.3. The van der Waals surface area contributed by atoms with Crippen molar-refractivity contribution in [1.82, 2.24) is 10.2 Å². The summed E-state index contributed by atoms with van der Waals surface area (Å²) in [6, 6.07) is 10.1. The highest BCUT2D eigenvalue weighted by atomic mass is 16.5. The molecule has 0 bridgehead atoms. The zero-order valence-corrected chi connectivity index (χ0v) is 14.3. The topological polar surface area (TPSA) is 95.9 Å². The van der Waals surface area contributed by atoms with Gasteiger partial charge in [-0.25, -0.2) is 4.79 Å². The molecular weight excluding hydrogens is 336 g/mol. The molecule has 2 N–H and O–H groups in total. The Morgan fingerprint density at radius 1 is 1.15 bits per heavy atom. The molecule has 2 saturated heterocycles. The molecule has 7 nitrogen and oxygen atoms in total. The Bertz CT molecular complexity index is 722. The van der Waals surface area contributed by atoms with Gasteiger partial charge in [0, 0.05) is 24.9 Å². The summed E-state index contributed by atoms with van der Waals surface area (Å²) in [6.07, 6.45) is 0.334. The Labute approximate surface area is 151 Å². The van der Waals surface area contributed by atoms with Crippen molar-refractivity contribution >= 4 is 17.8 Å². The van der Waals surface area contributed by atoms with Crippen LogP contribution in [0.15, 0.2) is 30.3 Å². The van der Waals surface area contributed by atoms with Gasteiger partial charge in [-0.3, -0.25) is 9.59 Å². The maximum Gasteiger partial charge on any atom is 0.332 e. The second-order valence-corrected chi connectivity index (χ2v) is 7.30. The molecule has 4 rings (SSSR count). The van der Waals surface area contributed by atoms with Gasteiger partial charge in [0.2, 0.25) is 11.8 Å². The van der Waals surface area contributed by atoms with Gasteiger partial charge in [-0.15, -0.1) is 0 Å². The minimum Gasteiger partial charge on any atom is -0.479 e. The molecule has 138 valence electrons. The van der Waals surface area contributed by atoms with Crippen LogP contribution in [0.4, 0.5) is 0 Å². The number of carbonyl (C=O) groups excluding carboxylic acids is 2. The van der Waals surface area contributed by atoms with Crippen LogP contribution >= 0.6 is 0 Å². The Kier molecular flexibility index (Phi) is 4.40. The number of rotatable bonds is 5. The summed E-state index contributed by atoms with van der Waals surface area (Å²) in [4.78, 5) is 37.4. The second kappa shape index (κ2) is 6.72. The van der Waals surface area contributed by atoms with E-state index >= 15 is 0 Å². The number of nitrogens with one attached hydrogen (secondary N) is 1. The first-order valence-corrected chi connectivity index (χ1v) is 9.06. The fourth-order valence-corrected chi connectivity index (χ4v) is 4.04. The van der Waals surface area contributed by atoms with Crippen molar-refractivity contribution in [3.63, 3.8) is 0 Å². The standard InChI is InChI=1S/C19H22N2O5/c22-17-8-12(20-18(23)15-6-7-16(26-15)19(24)25)10-21(17)14-9-13(14)11-4-2-1-3-5-11/h1-5,12-16H,6-10H2,(H,20,23)(H,24,25)/t12?,13?,14?,15-,16+/m0/s1. The predicted molar refractivity (Wildman–Crippen MR) is 91.4 cm³/mol. The largest absolute Gasteiger partial charge is 0.479 e. The van der Waals surface area contributed by atoms with E-state index in [1.165, 1.54) is 5.56 Å². The average molecular weight is 358 g/mol. The number of hydrogen-bond acceptors (Lipinski definition) is 4. The van der Waals surface area contributed by atoms with Gasteiger partial charge in [0.25, 0.3) is 0 Å². The van der Waals surface area contributed by atoms with Crippen molar-refractivity contribution in [1.29, 1.82) is 0 Å². The smallest absolute Gasteiger partial charge is 0.332 e. The summed E-state index contributed by atoms with van der Waals surface area (Å²) >= 11 is 0. The fourth-order valence-electron chi connectivity index (χ4n) is 4.04. The van der Waals surface area contributed by atoms with Crippen molar-refractivity contribution in [3.05, 3.63) is 35.9 Å². The van der Waals surface area contributed by atoms with E-state index < -0.39 is 18.2 Å². The Morgan fingerprint density at radius 3 is 2.58 bits per heavy atom. The van der Waals surface area contributed by atoms with Crippen LogP contribution in [0.1, 0.15) is 37.2 Å². The average Bonchev–Trinajstić information content (AvgIpc) is 3.08. The van der Waals surface area contributed by atoms with Crippen molar-refractivity contribution in [2.45, 2.75) is 55.9 Å². The molecule has 3 fully saturated rings. The molecule has 0 aromatic heterocycles. The lowest BCUT2D eigenvalue weighted by atomic mass is 10.1. The minimum absolute atomic E-state index is 0.0643. The lowest BCUT2D eigenvalue weighted by Crippen LogP contribution is -2.43. The number of aliphatic carboxylic acids is 1. The number of ether oxygens (including phenoxy) is 1. The highest BCUT2D eigenvalue weighted by Gasteiger charge is 2.48. The lowest BCUT2D eigenvalue weighted by Gasteiger charge is -2.19. The van der Waals surface area contributed by atoms with Crippen LogP contribution in [0.3, 0.4) is 0 Å². The van der Waals surface area contributed by atoms with Crippen molar-refractivity contribution < 1.29 is 24.2 Å². The highest BCUT2D eigenvalue weighted by molar-refractivity contribution is 5.85. The third-order valence-corrected chi connectivity index (χ3v) is 5.48. The molecule has 0 spiro atoms. The molecular formula is C19H22N2O5. The van der Waals surface area contributed by atoms with Gasteiger partial charge in [-0.2, -0.15) is 0 Å². The summed E-state index contributed by atoms with van der Waals surface area (Å²) in [6.45, 7) is 0.508. The van der Waals surface area contributed by atoms with Crippen LogP contribution in [0, 0.1) is 0 Å². The molecule has 2 aliphatic heterocycles. The summed E-state index contributed by atoms with van der Waals surface area (Å²) in [5, 5.41) is 11.8. The number of amides is 2. The zero-order chi connectivity index (χ0) is 18.3. The third-order valence-electron chi connectivity index (χ3n) is 5.48. The van der Waals surface area contributed by atoms with E-state index in [0.717, 1.165) is 6.42 Å². The van der Waals surface area contributed by atoms with Crippen LogP contribution < -0.4 is 5.32 Å². The van der Waals surface area contributed by atoms with Crippen molar-refractivity contribution in [3.8, 4) is 0 Å². The number of nitrogens with zero attached hydrogens (tertiary/aromatic N) is 1. The first kappa shape index (κ1) is 17.0. The van der Waals surface area contributed by atoms with E-state index in [1.54, 1.807) is 0 Å². The second-order valence-electron chi connectivity index (χ2n) is 7.30. The quantitative estimate of drug-likeness (QED) is 0.815. The van der Waals surface area contributed by atoms with Crippen LogP contribution in [-0.4, -0.2) is 58.6 Å². The van der Waals surface area contributed by atoms with Gasteiger partial charge < -0.3 is 20.1 Å². The maximum absolute atomic E-state index is 12.4. The van der Waals surface area contributed by atoms with Crippen LogP contribution in [0.5, 0.6) is 0 Å². The van der Waals surface area contributed by atoms with E-state index in [0.29, 0.717) is 31.7 Å². The molecule has 1 aromatic rings. The monoisotopic (exact) mass is 358 g/mol. The molecule has 2 heterocycles. The van der Waals surface area contributed by atoms with E-state index in [9.17, 15) is 14.4 Å². The molecule has 2 amide bonds. The Balaban J connectivity index is 1.30. The summed E-state index contributed by atoms with van der Waals surface area (Å²) in [5.41, 5.74) is 1.25. The van der Waals surface area contributed by atoms with E-state index in [1.807, 2.05) is 23.1 Å². The maximum atomic E-state index is 12.4. The molecule has 1 aliphatic carbocycles. The fraction of sp³-hybridized carbons (Fsp3) is 0.526. The van der Waals surface area contributed by atoms with Crippen molar-refractivity contribution in [2.24, 2.45) is 0 Å². The molecule has 1 aromatic carbocycles. The van der Waals surface area contributed by atoms with Crippen LogP contribution in [0.25, 0.3) is 0 Å². The molecule has 5 atom stereocenters. The van der Waals surface area contributed by atoms with Gasteiger partial charge in [-0.1, -0.05) is 30.3 Å². The number of carboxylic acid groups (broad SMARTS) is 1. The van der Waals surface area contributed by atoms with Gasteiger partial charge >= 0.3 is 5.97 Å². The number of benzene rings is 1. The van der Waals surface area contributed by atoms with Gasteiger partial charge in [0.05, 0.1) is 6.04 Å². The van der Waals surface area contributed by atoms with Gasteiger partial charge in [-0.05, 0) is 24.8 Å². The van der Waals surface area contributed by atoms with E-state index in [4.69, 9.17) is 9.84 Å². The first-order chi connectivity index (χ1) is 12.5. The SMILES string of the molecule is O=C(NC1CC(=O)N(C2CC2c2ccccc2)C1)[C@@H]1CC[C@H](C(=O)O)O1. The molecule has 1 saturated carbocycles. The minimum atomic E-state index is -1.04. The third kappa shape index (κ3) is 3.31. The van der Waals surface area contributed by atoms with E-state index in [2.05, 4.69) is 17.4 Å². The van der Waals surface area contributed by atoms with Crippen LogP contribution in [-0.2, 0) is 19.1 Å². The Hall–Kier alpha value is -2.41. The summed E-state index contributed by atoms with van der Waals surface area (Å²) in [7, 11) is 0. The number of hydrogen-bond donors (Lipinski definition) is 2. The molecule has 3 unspecified atom stereocenters. The van der Waals surface area contributed by atoms with Crippen LogP contribution in [0.2, 0.25) is 0 Å². The summed E-state index contributed by atoms with van der Waals surface area (Å²) in [5.74, 6) is -0.911.